The number of benzene rings is 2. The highest BCUT2D eigenvalue weighted by Crippen LogP contribution is 2.30. The predicted molar refractivity (Wildman–Crippen MR) is 95.4 cm³/mol. The van der Waals surface area contributed by atoms with Gasteiger partial charge >= 0.3 is 0 Å². The van der Waals surface area contributed by atoms with Gasteiger partial charge in [-0.25, -0.2) is 4.57 Å². The van der Waals surface area contributed by atoms with E-state index in [2.05, 4.69) is 60.9 Å². The standard InChI is InChI=1S/C19H23N2Si/c1-5-18-16-11-15-14(10-17(16)20-12-21(18)2)7-6-13-8-9-22(3,4)19(13)15/h6-7,10-12H,5,8-9H2,1-4H3/q+1. The molecule has 0 saturated carbocycles. The fourth-order valence-corrected chi connectivity index (χ4v) is 7.34. The van der Waals surface area contributed by atoms with E-state index >= 15 is 0 Å². The Labute approximate surface area is 132 Å². The average molecular weight is 307 g/mol. The van der Waals surface area contributed by atoms with Crippen molar-refractivity contribution in [1.82, 2.24) is 4.98 Å². The summed E-state index contributed by atoms with van der Waals surface area (Å²) in [6.07, 6.45) is 4.25. The van der Waals surface area contributed by atoms with Crippen LogP contribution < -0.4 is 9.75 Å². The molecule has 112 valence electrons. The van der Waals surface area contributed by atoms with E-state index in [0.717, 1.165) is 11.9 Å². The third-order valence-electron chi connectivity index (χ3n) is 5.36. The highest BCUT2D eigenvalue weighted by molar-refractivity contribution is 6.92. The summed E-state index contributed by atoms with van der Waals surface area (Å²) in [4.78, 5) is 4.64. The van der Waals surface area contributed by atoms with E-state index < -0.39 is 8.07 Å². The first-order valence-corrected chi connectivity index (χ1v) is 11.5. The minimum atomic E-state index is -1.28. The molecular weight excluding hydrogens is 284 g/mol. The fraction of sp³-hybridized carbons (Fsp3) is 0.368. The molecular formula is C19H23N2Si+. The van der Waals surface area contributed by atoms with Gasteiger partial charge in [-0.1, -0.05) is 32.2 Å². The molecule has 2 nitrogen and oxygen atoms in total. The Bertz CT molecular complexity index is 912. The van der Waals surface area contributed by atoms with Gasteiger partial charge in [0.1, 0.15) is 5.69 Å². The zero-order valence-corrected chi connectivity index (χ0v) is 14.9. The van der Waals surface area contributed by atoms with Crippen LogP contribution in [-0.4, -0.2) is 13.1 Å². The van der Waals surface area contributed by atoms with E-state index in [1.807, 2.05) is 6.33 Å². The largest absolute Gasteiger partial charge is 0.286 e. The minimum Gasteiger partial charge on any atom is -0.236 e. The maximum atomic E-state index is 4.64. The van der Waals surface area contributed by atoms with Gasteiger partial charge in [-0.05, 0) is 51.1 Å². The fourth-order valence-electron chi connectivity index (χ4n) is 4.17. The lowest BCUT2D eigenvalue weighted by atomic mass is 10.0. The molecule has 0 saturated heterocycles. The molecule has 0 aliphatic carbocycles. The van der Waals surface area contributed by atoms with Crippen molar-refractivity contribution in [2.45, 2.75) is 38.9 Å². The summed E-state index contributed by atoms with van der Waals surface area (Å²) in [5.74, 6) is 0. The average Bonchev–Trinajstić information content (AvgIpc) is 2.81. The number of hydrogen-bond donors (Lipinski definition) is 0. The lowest BCUT2D eigenvalue weighted by Crippen LogP contribution is -2.38. The Morgan fingerprint density at radius 3 is 2.77 bits per heavy atom. The molecule has 1 aromatic heterocycles. The van der Waals surface area contributed by atoms with Crippen molar-refractivity contribution >= 4 is 34.9 Å². The van der Waals surface area contributed by atoms with Crippen molar-refractivity contribution in [3.05, 3.63) is 41.9 Å². The monoisotopic (exact) mass is 307 g/mol. The van der Waals surface area contributed by atoms with Crippen LogP contribution in [0.15, 0.2) is 30.6 Å². The van der Waals surface area contributed by atoms with Crippen LogP contribution in [0.1, 0.15) is 18.2 Å². The van der Waals surface area contributed by atoms with Crippen molar-refractivity contribution in [2.24, 2.45) is 7.05 Å². The third kappa shape index (κ3) is 1.85. The summed E-state index contributed by atoms with van der Waals surface area (Å²) < 4.78 is 2.17. The lowest BCUT2D eigenvalue weighted by molar-refractivity contribution is -0.680. The van der Waals surface area contributed by atoms with Crippen LogP contribution >= 0.6 is 0 Å². The maximum absolute atomic E-state index is 4.64. The van der Waals surface area contributed by atoms with Crippen molar-refractivity contribution in [2.75, 3.05) is 0 Å². The third-order valence-corrected chi connectivity index (χ3v) is 8.80. The molecule has 1 aliphatic heterocycles. The predicted octanol–water partition coefficient (Wildman–Crippen LogP) is 3.25. The second-order valence-corrected chi connectivity index (χ2v) is 12.0. The van der Waals surface area contributed by atoms with Crippen LogP contribution in [0, 0.1) is 0 Å². The first-order valence-electron chi connectivity index (χ1n) is 8.24. The van der Waals surface area contributed by atoms with Gasteiger partial charge in [0.05, 0.1) is 20.5 Å². The van der Waals surface area contributed by atoms with Crippen molar-refractivity contribution in [3.8, 4) is 0 Å². The minimum absolute atomic E-state index is 1.04. The lowest BCUT2D eigenvalue weighted by Gasteiger charge is -2.19. The van der Waals surface area contributed by atoms with Gasteiger partial charge in [-0.2, -0.15) is 0 Å². The van der Waals surface area contributed by atoms with Crippen molar-refractivity contribution < 1.29 is 4.57 Å². The van der Waals surface area contributed by atoms with Gasteiger partial charge in [-0.15, -0.1) is 0 Å². The number of fused-ring (bicyclic) bond motifs is 4. The van der Waals surface area contributed by atoms with E-state index in [9.17, 15) is 0 Å². The normalized spacial score (nSPS) is 16.4. The van der Waals surface area contributed by atoms with Gasteiger partial charge in [-0.3, -0.25) is 0 Å². The molecule has 0 amide bonds. The summed E-state index contributed by atoms with van der Waals surface area (Å²) in [7, 11) is 0.820. The Kier molecular flexibility index (Phi) is 2.92. The molecule has 0 atom stereocenters. The van der Waals surface area contributed by atoms with Crippen molar-refractivity contribution in [1.29, 1.82) is 0 Å². The molecule has 3 aromatic rings. The summed E-state index contributed by atoms with van der Waals surface area (Å²) in [5.41, 5.74) is 4.09. The molecule has 0 radical (unpaired) electrons. The van der Waals surface area contributed by atoms with E-state index in [1.165, 1.54) is 34.3 Å². The molecule has 0 bridgehead atoms. The molecule has 3 heteroatoms. The Morgan fingerprint density at radius 1 is 1.18 bits per heavy atom. The first kappa shape index (κ1) is 13.9. The van der Waals surface area contributed by atoms with Crippen LogP contribution in [0.4, 0.5) is 0 Å². The molecule has 0 fully saturated rings. The van der Waals surface area contributed by atoms with E-state index in [1.54, 1.807) is 10.8 Å². The Balaban J connectivity index is 2.16. The number of hydrogen-bond acceptors (Lipinski definition) is 1. The van der Waals surface area contributed by atoms with E-state index in [-0.39, 0.29) is 0 Å². The molecule has 1 aliphatic rings. The van der Waals surface area contributed by atoms with Crippen LogP contribution in [-0.2, 0) is 19.9 Å². The van der Waals surface area contributed by atoms with Crippen LogP contribution in [0.2, 0.25) is 19.1 Å². The Morgan fingerprint density at radius 2 is 2.00 bits per heavy atom. The summed E-state index contributed by atoms with van der Waals surface area (Å²) in [6.45, 7) is 7.27. The quantitative estimate of drug-likeness (QED) is 0.383. The molecule has 22 heavy (non-hydrogen) atoms. The zero-order chi connectivity index (χ0) is 15.5. The van der Waals surface area contributed by atoms with Gasteiger partial charge in [0.25, 0.3) is 6.33 Å². The van der Waals surface area contributed by atoms with Gasteiger partial charge in [0.2, 0.25) is 0 Å². The van der Waals surface area contributed by atoms with Gasteiger partial charge in [0, 0.05) is 6.42 Å². The number of aryl methyl sites for hydroxylation is 3. The number of nitrogens with zero attached hydrogens (tertiary/aromatic N) is 2. The molecule has 4 rings (SSSR count). The van der Waals surface area contributed by atoms with Gasteiger partial charge < -0.3 is 0 Å². The van der Waals surface area contributed by atoms with Gasteiger partial charge in [0.15, 0.2) is 5.52 Å². The first-order chi connectivity index (χ1) is 10.5. The second kappa shape index (κ2) is 4.62. The van der Waals surface area contributed by atoms with Crippen LogP contribution in [0.3, 0.4) is 0 Å². The SMILES string of the molecule is CCc1c2cc3c4c(ccc3cc2nc[n+]1C)CC[Si]4(C)C. The molecule has 0 unspecified atom stereocenters. The Hall–Kier alpha value is -1.74. The topological polar surface area (TPSA) is 16.8 Å². The van der Waals surface area contributed by atoms with E-state index in [4.69, 9.17) is 0 Å². The number of rotatable bonds is 1. The smallest absolute Gasteiger partial charge is 0.236 e. The second-order valence-electron chi connectivity index (χ2n) is 7.23. The molecule has 0 N–H and O–H groups in total. The molecule has 2 aromatic carbocycles. The summed E-state index contributed by atoms with van der Waals surface area (Å²) >= 11 is 0. The van der Waals surface area contributed by atoms with Crippen molar-refractivity contribution in [3.63, 3.8) is 0 Å². The molecule has 2 heterocycles. The summed E-state index contributed by atoms with van der Waals surface area (Å²) in [5, 5.41) is 5.87. The zero-order valence-electron chi connectivity index (χ0n) is 13.9. The highest BCUT2D eigenvalue weighted by atomic mass is 28.3. The number of aromatic nitrogens is 2. The molecule has 0 spiro atoms. The maximum Gasteiger partial charge on any atom is 0.286 e. The highest BCUT2D eigenvalue weighted by Gasteiger charge is 2.33. The van der Waals surface area contributed by atoms with Crippen LogP contribution in [0.25, 0.3) is 21.7 Å². The summed E-state index contributed by atoms with van der Waals surface area (Å²) in [6, 6.07) is 10.8. The van der Waals surface area contributed by atoms with Crippen LogP contribution in [0.5, 0.6) is 0 Å². The van der Waals surface area contributed by atoms with E-state index in [0.29, 0.717) is 0 Å².